The van der Waals surface area contributed by atoms with Crippen molar-refractivity contribution in [1.82, 2.24) is 0 Å². The molecule has 0 aromatic heterocycles. The van der Waals surface area contributed by atoms with Crippen LogP contribution in [0.3, 0.4) is 0 Å². The average Bonchev–Trinajstić information content (AvgIpc) is 2.87. The zero-order chi connectivity index (χ0) is 14.8. The van der Waals surface area contributed by atoms with Gasteiger partial charge >= 0.3 is 5.97 Å². The van der Waals surface area contributed by atoms with E-state index in [2.05, 4.69) is 12.1 Å². The molecule has 3 rings (SSSR count). The van der Waals surface area contributed by atoms with Crippen molar-refractivity contribution in [2.75, 3.05) is 23.8 Å². The first kappa shape index (κ1) is 13.8. The van der Waals surface area contributed by atoms with Crippen LogP contribution >= 0.6 is 11.8 Å². The standard InChI is InChI=1S/C16H16N2O2S/c17-12-5-10(6-13(18)7-12)16(19)20-8-11-9-21-15-4-2-1-3-14(11)15/h1-7,11H,8-9,17-18H2. The number of carbonyl (C=O) groups is 1. The maximum Gasteiger partial charge on any atom is 0.338 e. The number of nitrogen functional groups attached to an aromatic ring is 2. The number of benzene rings is 2. The minimum Gasteiger partial charge on any atom is -0.461 e. The summed E-state index contributed by atoms with van der Waals surface area (Å²) in [6.07, 6.45) is 0. The lowest BCUT2D eigenvalue weighted by atomic mass is 10.0. The third-order valence-electron chi connectivity index (χ3n) is 3.43. The van der Waals surface area contributed by atoms with Crippen LogP contribution in [0.4, 0.5) is 11.4 Å². The van der Waals surface area contributed by atoms with Gasteiger partial charge in [-0.05, 0) is 29.8 Å². The summed E-state index contributed by atoms with van der Waals surface area (Å²) in [5.41, 5.74) is 13.9. The van der Waals surface area contributed by atoms with Crippen LogP contribution in [0, 0.1) is 0 Å². The molecule has 21 heavy (non-hydrogen) atoms. The van der Waals surface area contributed by atoms with Gasteiger partial charge in [0.25, 0.3) is 0 Å². The van der Waals surface area contributed by atoms with Crippen LogP contribution in [0.2, 0.25) is 0 Å². The fourth-order valence-electron chi connectivity index (χ4n) is 2.42. The predicted molar refractivity (Wildman–Crippen MR) is 85.5 cm³/mol. The van der Waals surface area contributed by atoms with Gasteiger partial charge in [-0.3, -0.25) is 0 Å². The summed E-state index contributed by atoms with van der Waals surface area (Å²) in [5.74, 6) is 0.794. The van der Waals surface area contributed by atoms with Crippen molar-refractivity contribution in [2.45, 2.75) is 10.8 Å². The molecule has 1 aliphatic rings. The van der Waals surface area contributed by atoms with Gasteiger partial charge in [0.15, 0.2) is 0 Å². The van der Waals surface area contributed by atoms with E-state index in [1.165, 1.54) is 10.5 Å². The van der Waals surface area contributed by atoms with Crippen molar-refractivity contribution in [3.05, 3.63) is 53.6 Å². The molecule has 0 bridgehead atoms. The summed E-state index contributed by atoms with van der Waals surface area (Å²) in [4.78, 5) is 13.3. The van der Waals surface area contributed by atoms with E-state index in [0.29, 0.717) is 23.5 Å². The zero-order valence-electron chi connectivity index (χ0n) is 11.4. The van der Waals surface area contributed by atoms with Gasteiger partial charge in [0.2, 0.25) is 0 Å². The third kappa shape index (κ3) is 2.97. The highest BCUT2D eigenvalue weighted by Gasteiger charge is 2.24. The summed E-state index contributed by atoms with van der Waals surface area (Å²) >= 11 is 1.80. The highest BCUT2D eigenvalue weighted by atomic mass is 32.2. The maximum absolute atomic E-state index is 12.1. The number of ether oxygens (including phenoxy) is 1. The van der Waals surface area contributed by atoms with Crippen LogP contribution in [0.1, 0.15) is 21.8 Å². The number of nitrogens with two attached hydrogens (primary N) is 2. The van der Waals surface area contributed by atoms with E-state index >= 15 is 0 Å². The molecule has 1 atom stereocenters. The van der Waals surface area contributed by atoms with Crippen LogP contribution in [0.25, 0.3) is 0 Å². The quantitative estimate of drug-likeness (QED) is 0.673. The average molecular weight is 300 g/mol. The Labute approximate surface area is 127 Å². The molecule has 4 nitrogen and oxygen atoms in total. The van der Waals surface area contributed by atoms with Crippen molar-refractivity contribution in [2.24, 2.45) is 0 Å². The van der Waals surface area contributed by atoms with Gasteiger partial charge in [0.05, 0.1) is 12.2 Å². The molecule has 0 aliphatic carbocycles. The number of rotatable bonds is 3. The Morgan fingerprint density at radius 2 is 1.90 bits per heavy atom. The van der Waals surface area contributed by atoms with E-state index < -0.39 is 0 Å². The molecule has 1 heterocycles. The first-order chi connectivity index (χ1) is 10.1. The molecule has 5 heteroatoms. The molecule has 0 saturated carbocycles. The van der Waals surface area contributed by atoms with Gasteiger partial charge in [-0.25, -0.2) is 4.79 Å². The Kier molecular flexibility index (Phi) is 3.75. The Morgan fingerprint density at radius 3 is 2.67 bits per heavy atom. The SMILES string of the molecule is Nc1cc(N)cc(C(=O)OCC2CSc3ccccc32)c1. The lowest BCUT2D eigenvalue weighted by Crippen LogP contribution is -2.13. The van der Waals surface area contributed by atoms with Crippen molar-refractivity contribution in [3.63, 3.8) is 0 Å². The van der Waals surface area contributed by atoms with E-state index in [4.69, 9.17) is 16.2 Å². The number of hydrogen-bond acceptors (Lipinski definition) is 5. The minimum absolute atomic E-state index is 0.244. The number of thioether (sulfide) groups is 1. The Balaban J connectivity index is 1.67. The van der Waals surface area contributed by atoms with Crippen molar-refractivity contribution in [1.29, 1.82) is 0 Å². The first-order valence-electron chi connectivity index (χ1n) is 6.68. The fraction of sp³-hybridized carbons (Fsp3) is 0.188. The molecule has 108 valence electrons. The molecular formula is C16H16N2O2S. The number of anilines is 2. The van der Waals surface area contributed by atoms with Crippen molar-refractivity contribution < 1.29 is 9.53 Å². The number of esters is 1. The molecule has 0 radical (unpaired) electrons. The normalized spacial score (nSPS) is 16.5. The van der Waals surface area contributed by atoms with Gasteiger partial charge in [0, 0.05) is 27.9 Å². The summed E-state index contributed by atoms with van der Waals surface area (Å²) in [7, 11) is 0. The molecule has 1 unspecified atom stereocenters. The van der Waals surface area contributed by atoms with E-state index in [9.17, 15) is 4.79 Å². The predicted octanol–water partition coefficient (Wildman–Crippen LogP) is 2.90. The molecule has 1 aliphatic heterocycles. The highest BCUT2D eigenvalue weighted by molar-refractivity contribution is 7.99. The minimum atomic E-state index is -0.386. The van der Waals surface area contributed by atoms with E-state index in [0.717, 1.165) is 5.75 Å². The second kappa shape index (κ2) is 5.69. The first-order valence-corrected chi connectivity index (χ1v) is 7.67. The smallest absolute Gasteiger partial charge is 0.338 e. The monoisotopic (exact) mass is 300 g/mol. The molecule has 2 aromatic carbocycles. The summed E-state index contributed by atoms with van der Waals surface area (Å²) in [6.45, 7) is 0.373. The van der Waals surface area contributed by atoms with E-state index in [-0.39, 0.29) is 11.9 Å². The second-order valence-electron chi connectivity index (χ2n) is 5.03. The van der Waals surface area contributed by atoms with Gasteiger partial charge in [0.1, 0.15) is 0 Å². The number of carbonyl (C=O) groups excluding carboxylic acids is 1. The summed E-state index contributed by atoms with van der Waals surface area (Å²) in [6, 6.07) is 13.0. The molecule has 0 spiro atoms. The number of hydrogen-bond donors (Lipinski definition) is 2. The molecule has 2 aromatic rings. The summed E-state index contributed by atoms with van der Waals surface area (Å²) in [5, 5.41) is 0. The molecule has 0 saturated heterocycles. The zero-order valence-corrected chi connectivity index (χ0v) is 12.2. The Bertz CT molecular complexity index is 667. The molecule has 4 N–H and O–H groups in total. The van der Waals surface area contributed by atoms with E-state index in [1.807, 2.05) is 12.1 Å². The molecule has 0 fully saturated rings. The number of fused-ring (bicyclic) bond motifs is 1. The lowest BCUT2D eigenvalue weighted by Gasteiger charge is -2.12. The van der Waals surface area contributed by atoms with E-state index in [1.54, 1.807) is 30.0 Å². The van der Waals surface area contributed by atoms with Crippen LogP contribution in [-0.2, 0) is 4.74 Å². The van der Waals surface area contributed by atoms with Crippen LogP contribution in [0.5, 0.6) is 0 Å². The van der Waals surface area contributed by atoms with Gasteiger partial charge in [-0.15, -0.1) is 11.8 Å². The molecular weight excluding hydrogens is 284 g/mol. The second-order valence-corrected chi connectivity index (χ2v) is 6.09. The van der Waals surface area contributed by atoms with Crippen molar-refractivity contribution in [3.8, 4) is 0 Å². The van der Waals surface area contributed by atoms with Crippen LogP contribution in [-0.4, -0.2) is 18.3 Å². The fourth-order valence-corrected chi connectivity index (χ4v) is 3.65. The van der Waals surface area contributed by atoms with Gasteiger partial charge < -0.3 is 16.2 Å². The third-order valence-corrected chi connectivity index (χ3v) is 4.68. The van der Waals surface area contributed by atoms with Crippen LogP contribution in [0.15, 0.2) is 47.4 Å². The molecule has 0 amide bonds. The lowest BCUT2D eigenvalue weighted by molar-refractivity contribution is 0.0487. The largest absolute Gasteiger partial charge is 0.461 e. The van der Waals surface area contributed by atoms with Gasteiger partial charge in [-0.2, -0.15) is 0 Å². The summed E-state index contributed by atoms with van der Waals surface area (Å²) < 4.78 is 5.42. The Hall–Kier alpha value is -2.14. The van der Waals surface area contributed by atoms with Crippen molar-refractivity contribution >= 4 is 29.1 Å². The maximum atomic E-state index is 12.1. The van der Waals surface area contributed by atoms with Gasteiger partial charge in [-0.1, -0.05) is 18.2 Å². The van der Waals surface area contributed by atoms with Crippen LogP contribution < -0.4 is 11.5 Å². The Morgan fingerprint density at radius 1 is 1.19 bits per heavy atom. The topological polar surface area (TPSA) is 78.3 Å². The highest BCUT2D eigenvalue weighted by Crippen LogP contribution is 2.39.